The topological polar surface area (TPSA) is 20.2 Å². The van der Waals surface area contributed by atoms with Crippen LogP contribution in [0.4, 0.5) is 0 Å². The summed E-state index contributed by atoms with van der Waals surface area (Å²) in [6.07, 6.45) is 0.588. The molecule has 0 bridgehead atoms. The lowest BCUT2D eigenvalue weighted by Crippen LogP contribution is -2.15. The third kappa shape index (κ3) is 2.16. The van der Waals surface area contributed by atoms with Gasteiger partial charge in [0, 0.05) is 5.92 Å². The van der Waals surface area contributed by atoms with Gasteiger partial charge < -0.3 is 5.11 Å². The Balaban J connectivity index is 3.01. The normalized spacial score (nSPS) is 15.2. The Morgan fingerprint density at radius 2 is 1.93 bits per heavy atom. The second kappa shape index (κ2) is 4.61. The molecular weight excluding hydrogens is 172 g/mol. The molecule has 1 nitrogen and oxygen atoms in total. The van der Waals surface area contributed by atoms with E-state index in [2.05, 4.69) is 39.0 Å². The van der Waals surface area contributed by atoms with Crippen molar-refractivity contribution in [1.82, 2.24) is 0 Å². The lowest BCUT2D eigenvalue weighted by atomic mass is 9.89. The molecule has 0 saturated heterocycles. The van der Waals surface area contributed by atoms with Gasteiger partial charge in [-0.15, -0.1) is 0 Å². The maximum absolute atomic E-state index is 9.80. The first-order valence-electron chi connectivity index (χ1n) is 5.32. The van der Waals surface area contributed by atoms with Gasteiger partial charge in [-0.3, -0.25) is 0 Å². The molecule has 0 spiro atoms. The van der Waals surface area contributed by atoms with Gasteiger partial charge in [-0.25, -0.2) is 0 Å². The molecule has 0 saturated carbocycles. The van der Waals surface area contributed by atoms with Crippen molar-refractivity contribution in [3.8, 4) is 0 Å². The third-order valence-electron chi connectivity index (χ3n) is 3.13. The van der Waals surface area contributed by atoms with E-state index >= 15 is 0 Å². The van der Waals surface area contributed by atoms with Crippen LogP contribution in [0, 0.1) is 13.8 Å². The molecule has 1 heteroatoms. The molecule has 2 atom stereocenters. The average molecular weight is 192 g/mol. The van der Waals surface area contributed by atoms with E-state index in [1.165, 1.54) is 16.7 Å². The molecule has 1 rings (SSSR count). The lowest BCUT2D eigenvalue weighted by molar-refractivity contribution is 0.145. The molecule has 0 aliphatic carbocycles. The van der Waals surface area contributed by atoms with Crippen molar-refractivity contribution in [3.63, 3.8) is 0 Å². The minimum Gasteiger partial charge on any atom is -0.393 e. The Bertz CT molecular complexity index is 304. The maximum atomic E-state index is 9.80. The Morgan fingerprint density at radius 1 is 1.29 bits per heavy atom. The highest BCUT2D eigenvalue weighted by atomic mass is 16.3. The first-order valence-corrected chi connectivity index (χ1v) is 5.32. The summed E-state index contributed by atoms with van der Waals surface area (Å²) in [5, 5.41) is 9.80. The Hall–Kier alpha value is -0.820. The zero-order chi connectivity index (χ0) is 10.7. The molecule has 2 unspecified atom stereocenters. The summed E-state index contributed by atoms with van der Waals surface area (Å²) < 4.78 is 0. The molecule has 0 heterocycles. The highest BCUT2D eigenvalue weighted by molar-refractivity contribution is 5.35. The van der Waals surface area contributed by atoms with Crippen molar-refractivity contribution in [2.45, 2.75) is 46.1 Å². The standard InChI is InChI=1S/C13H20O/c1-5-13(14)11(4)12-8-6-7-9(2)10(12)3/h6-8,11,13-14H,5H2,1-4H3. The molecule has 78 valence electrons. The van der Waals surface area contributed by atoms with Crippen LogP contribution in [0.5, 0.6) is 0 Å². The third-order valence-corrected chi connectivity index (χ3v) is 3.13. The molecular formula is C13H20O. The van der Waals surface area contributed by atoms with Crippen LogP contribution in [0.1, 0.15) is 42.9 Å². The fourth-order valence-corrected chi connectivity index (χ4v) is 1.83. The molecule has 0 aromatic heterocycles. The van der Waals surface area contributed by atoms with Gasteiger partial charge in [0.1, 0.15) is 0 Å². The summed E-state index contributed by atoms with van der Waals surface area (Å²) in [4.78, 5) is 0. The smallest absolute Gasteiger partial charge is 0.0603 e. The zero-order valence-electron chi connectivity index (χ0n) is 9.54. The van der Waals surface area contributed by atoms with Crippen LogP contribution >= 0.6 is 0 Å². The Kier molecular flexibility index (Phi) is 3.70. The van der Waals surface area contributed by atoms with Crippen LogP contribution in [0.2, 0.25) is 0 Å². The minimum atomic E-state index is -0.226. The van der Waals surface area contributed by atoms with E-state index in [1.54, 1.807) is 0 Å². The number of hydrogen-bond donors (Lipinski definition) is 1. The highest BCUT2D eigenvalue weighted by Gasteiger charge is 2.16. The van der Waals surface area contributed by atoms with Gasteiger partial charge in [0.2, 0.25) is 0 Å². The molecule has 0 fully saturated rings. The molecule has 0 radical (unpaired) electrons. The first kappa shape index (κ1) is 11.3. The van der Waals surface area contributed by atoms with E-state index in [-0.39, 0.29) is 12.0 Å². The van der Waals surface area contributed by atoms with E-state index in [0.29, 0.717) is 0 Å². The minimum absolute atomic E-state index is 0.226. The average Bonchev–Trinajstić information content (AvgIpc) is 2.20. The number of rotatable bonds is 3. The summed E-state index contributed by atoms with van der Waals surface area (Å²) >= 11 is 0. The fraction of sp³-hybridized carbons (Fsp3) is 0.538. The van der Waals surface area contributed by atoms with Gasteiger partial charge in [0.25, 0.3) is 0 Å². The van der Waals surface area contributed by atoms with Gasteiger partial charge in [-0.05, 0) is 37.0 Å². The van der Waals surface area contributed by atoms with Crippen LogP contribution in [-0.4, -0.2) is 11.2 Å². The number of aliphatic hydroxyl groups is 1. The van der Waals surface area contributed by atoms with Crippen LogP contribution in [-0.2, 0) is 0 Å². The predicted molar refractivity (Wildman–Crippen MR) is 60.6 cm³/mol. The van der Waals surface area contributed by atoms with E-state index in [1.807, 2.05) is 6.92 Å². The number of aryl methyl sites for hydroxylation is 1. The second-order valence-corrected chi connectivity index (χ2v) is 4.05. The molecule has 0 amide bonds. The van der Waals surface area contributed by atoms with E-state index in [0.717, 1.165) is 6.42 Å². The second-order valence-electron chi connectivity index (χ2n) is 4.05. The maximum Gasteiger partial charge on any atom is 0.0603 e. The molecule has 1 aromatic carbocycles. The van der Waals surface area contributed by atoms with Gasteiger partial charge in [-0.1, -0.05) is 32.0 Å². The fourth-order valence-electron chi connectivity index (χ4n) is 1.83. The van der Waals surface area contributed by atoms with E-state index in [9.17, 15) is 5.11 Å². The molecule has 14 heavy (non-hydrogen) atoms. The van der Waals surface area contributed by atoms with Gasteiger partial charge in [-0.2, -0.15) is 0 Å². The Morgan fingerprint density at radius 3 is 2.50 bits per heavy atom. The van der Waals surface area contributed by atoms with Crippen molar-refractivity contribution in [2.24, 2.45) is 0 Å². The van der Waals surface area contributed by atoms with Crippen LogP contribution in [0.3, 0.4) is 0 Å². The van der Waals surface area contributed by atoms with Gasteiger partial charge in [0.05, 0.1) is 6.10 Å². The summed E-state index contributed by atoms with van der Waals surface area (Å²) in [6, 6.07) is 6.30. The summed E-state index contributed by atoms with van der Waals surface area (Å²) in [5.74, 6) is 0.236. The van der Waals surface area contributed by atoms with Crippen molar-refractivity contribution in [1.29, 1.82) is 0 Å². The lowest BCUT2D eigenvalue weighted by Gasteiger charge is -2.20. The van der Waals surface area contributed by atoms with Crippen LogP contribution in [0.15, 0.2) is 18.2 Å². The summed E-state index contributed by atoms with van der Waals surface area (Å²) in [6.45, 7) is 8.36. The number of benzene rings is 1. The largest absolute Gasteiger partial charge is 0.393 e. The van der Waals surface area contributed by atoms with Crippen molar-refractivity contribution < 1.29 is 5.11 Å². The molecule has 1 N–H and O–H groups in total. The van der Waals surface area contributed by atoms with E-state index < -0.39 is 0 Å². The first-order chi connectivity index (χ1) is 6.57. The number of aliphatic hydroxyl groups excluding tert-OH is 1. The molecule has 1 aromatic rings. The van der Waals surface area contributed by atoms with Gasteiger partial charge >= 0.3 is 0 Å². The number of hydrogen-bond acceptors (Lipinski definition) is 1. The van der Waals surface area contributed by atoms with Crippen molar-refractivity contribution in [2.75, 3.05) is 0 Å². The SMILES string of the molecule is CCC(O)C(C)c1cccc(C)c1C. The zero-order valence-corrected chi connectivity index (χ0v) is 9.54. The van der Waals surface area contributed by atoms with Crippen LogP contribution in [0.25, 0.3) is 0 Å². The monoisotopic (exact) mass is 192 g/mol. The summed E-state index contributed by atoms with van der Waals surface area (Å²) in [7, 11) is 0. The van der Waals surface area contributed by atoms with Gasteiger partial charge in [0.15, 0.2) is 0 Å². The molecule has 0 aliphatic heterocycles. The van der Waals surface area contributed by atoms with E-state index in [4.69, 9.17) is 0 Å². The predicted octanol–water partition coefficient (Wildman–Crippen LogP) is 3.18. The quantitative estimate of drug-likeness (QED) is 0.780. The van der Waals surface area contributed by atoms with Crippen molar-refractivity contribution >= 4 is 0 Å². The highest BCUT2D eigenvalue weighted by Crippen LogP contribution is 2.25. The summed E-state index contributed by atoms with van der Waals surface area (Å²) in [5.41, 5.74) is 3.89. The van der Waals surface area contributed by atoms with Crippen molar-refractivity contribution in [3.05, 3.63) is 34.9 Å². The van der Waals surface area contributed by atoms with Crippen LogP contribution < -0.4 is 0 Å². The molecule has 0 aliphatic rings. The Labute approximate surface area is 86.8 Å².